The SMILES string of the molecule is CCC(=O)C1=CCCCC1c1ccccn1. The lowest BCUT2D eigenvalue weighted by molar-refractivity contribution is -0.115. The molecule has 1 aromatic rings. The minimum atomic E-state index is 0.224. The number of aromatic nitrogens is 1. The van der Waals surface area contributed by atoms with Crippen molar-refractivity contribution in [3.8, 4) is 0 Å². The Hall–Kier alpha value is -1.44. The Bertz CT molecular complexity index is 394. The second-order valence-corrected chi connectivity index (χ2v) is 4.17. The number of Topliss-reactive ketones (excluding diaryl/α,β-unsaturated/α-hetero) is 1. The Morgan fingerprint density at radius 2 is 2.38 bits per heavy atom. The van der Waals surface area contributed by atoms with E-state index in [0.717, 1.165) is 30.5 Å². The molecule has 0 aliphatic heterocycles. The zero-order chi connectivity index (χ0) is 11.4. The van der Waals surface area contributed by atoms with Gasteiger partial charge in [0.25, 0.3) is 0 Å². The fourth-order valence-electron chi connectivity index (χ4n) is 2.28. The maximum atomic E-state index is 11.9. The summed E-state index contributed by atoms with van der Waals surface area (Å²) in [5.41, 5.74) is 2.02. The third-order valence-electron chi connectivity index (χ3n) is 3.12. The van der Waals surface area contributed by atoms with Crippen molar-refractivity contribution in [2.24, 2.45) is 0 Å². The summed E-state index contributed by atoms with van der Waals surface area (Å²) in [5.74, 6) is 0.498. The van der Waals surface area contributed by atoms with Gasteiger partial charge in [0.2, 0.25) is 0 Å². The number of allylic oxidation sites excluding steroid dienone is 2. The normalized spacial score (nSPS) is 20.3. The zero-order valence-corrected chi connectivity index (χ0v) is 9.65. The molecule has 0 fully saturated rings. The average Bonchev–Trinajstić information content (AvgIpc) is 2.39. The minimum absolute atomic E-state index is 0.224. The van der Waals surface area contributed by atoms with Crippen molar-refractivity contribution < 1.29 is 4.79 Å². The summed E-state index contributed by atoms with van der Waals surface area (Å²) in [5, 5.41) is 0. The number of hydrogen-bond acceptors (Lipinski definition) is 2. The van der Waals surface area contributed by atoms with Crippen LogP contribution in [0.25, 0.3) is 0 Å². The summed E-state index contributed by atoms with van der Waals surface area (Å²) in [7, 11) is 0. The van der Waals surface area contributed by atoms with Gasteiger partial charge < -0.3 is 0 Å². The van der Waals surface area contributed by atoms with E-state index in [0.29, 0.717) is 6.42 Å². The summed E-state index contributed by atoms with van der Waals surface area (Å²) in [6.45, 7) is 1.92. The second kappa shape index (κ2) is 5.06. The molecule has 0 aromatic carbocycles. The standard InChI is InChI=1S/C14H17NO/c1-2-14(16)12-8-4-3-7-11(12)13-9-5-6-10-15-13/h5-6,8-11H,2-4,7H2,1H3. The number of ketones is 1. The molecule has 84 valence electrons. The molecule has 1 atom stereocenters. The van der Waals surface area contributed by atoms with Crippen LogP contribution < -0.4 is 0 Å². The Labute approximate surface area is 96.4 Å². The largest absolute Gasteiger partial charge is 0.295 e. The van der Waals surface area contributed by atoms with Crippen LogP contribution in [-0.2, 0) is 4.79 Å². The quantitative estimate of drug-likeness (QED) is 0.774. The van der Waals surface area contributed by atoms with Crippen LogP contribution in [0.3, 0.4) is 0 Å². The zero-order valence-electron chi connectivity index (χ0n) is 9.65. The fraction of sp³-hybridized carbons (Fsp3) is 0.429. The molecule has 0 radical (unpaired) electrons. The van der Waals surface area contributed by atoms with Gasteiger partial charge in [0.1, 0.15) is 0 Å². The molecule has 0 N–H and O–H groups in total. The van der Waals surface area contributed by atoms with Crippen LogP contribution in [0.4, 0.5) is 0 Å². The smallest absolute Gasteiger partial charge is 0.158 e. The van der Waals surface area contributed by atoms with E-state index in [1.165, 1.54) is 0 Å². The predicted molar refractivity (Wildman–Crippen MR) is 64.2 cm³/mol. The molecule has 1 aromatic heterocycles. The number of rotatable bonds is 3. The summed E-state index contributed by atoms with van der Waals surface area (Å²) < 4.78 is 0. The van der Waals surface area contributed by atoms with Gasteiger partial charge >= 0.3 is 0 Å². The number of pyridine rings is 1. The molecule has 0 saturated heterocycles. The number of nitrogens with zero attached hydrogens (tertiary/aromatic N) is 1. The number of hydrogen-bond donors (Lipinski definition) is 0. The van der Waals surface area contributed by atoms with Gasteiger partial charge in [-0.15, -0.1) is 0 Å². The van der Waals surface area contributed by atoms with Gasteiger partial charge in [-0.05, 0) is 31.4 Å². The minimum Gasteiger partial charge on any atom is -0.295 e. The van der Waals surface area contributed by atoms with Crippen LogP contribution in [0, 0.1) is 0 Å². The highest BCUT2D eigenvalue weighted by Gasteiger charge is 2.24. The second-order valence-electron chi connectivity index (χ2n) is 4.17. The van der Waals surface area contributed by atoms with Gasteiger partial charge in [-0.3, -0.25) is 9.78 Å². The van der Waals surface area contributed by atoms with Gasteiger partial charge in [0.05, 0.1) is 0 Å². The average molecular weight is 215 g/mol. The van der Waals surface area contributed by atoms with Crippen LogP contribution >= 0.6 is 0 Å². The molecule has 0 saturated carbocycles. The summed E-state index contributed by atoms with van der Waals surface area (Å²) in [4.78, 5) is 16.2. The molecule has 16 heavy (non-hydrogen) atoms. The van der Waals surface area contributed by atoms with Crippen molar-refractivity contribution in [3.05, 3.63) is 41.7 Å². The first-order valence-corrected chi connectivity index (χ1v) is 5.97. The molecule has 0 bridgehead atoms. The highest BCUT2D eigenvalue weighted by Crippen LogP contribution is 2.33. The Balaban J connectivity index is 2.29. The van der Waals surface area contributed by atoms with Gasteiger partial charge in [-0.25, -0.2) is 0 Å². The molecule has 1 heterocycles. The Morgan fingerprint density at radius 3 is 3.06 bits per heavy atom. The predicted octanol–water partition coefficient (Wildman–Crippen LogP) is 3.25. The lowest BCUT2D eigenvalue weighted by atomic mass is 9.82. The molecule has 2 nitrogen and oxygen atoms in total. The van der Waals surface area contributed by atoms with Gasteiger partial charge in [0.15, 0.2) is 5.78 Å². The van der Waals surface area contributed by atoms with Crippen molar-refractivity contribution >= 4 is 5.78 Å². The summed E-state index contributed by atoms with van der Waals surface area (Å²) in [6.07, 6.45) is 7.74. The Morgan fingerprint density at radius 1 is 1.50 bits per heavy atom. The molecule has 2 rings (SSSR count). The van der Waals surface area contributed by atoms with E-state index in [1.807, 2.05) is 25.1 Å². The fourth-order valence-corrected chi connectivity index (χ4v) is 2.28. The Kier molecular flexibility index (Phi) is 3.50. The molecule has 1 aliphatic carbocycles. The van der Waals surface area contributed by atoms with Crippen molar-refractivity contribution in [2.75, 3.05) is 0 Å². The molecule has 1 unspecified atom stereocenters. The lowest BCUT2D eigenvalue weighted by Crippen LogP contribution is -2.15. The third-order valence-corrected chi connectivity index (χ3v) is 3.12. The lowest BCUT2D eigenvalue weighted by Gasteiger charge is -2.22. The van der Waals surface area contributed by atoms with Crippen molar-refractivity contribution in [1.82, 2.24) is 4.98 Å². The van der Waals surface area contributed by atoms with E-state index >= 15 is 0 Å². The van der Waals surface area contributed by atoms with E-state index in [1.54, 1.807) is 6.20 Å². The molecule has 0 spiro atoms. The molecule has 0 amide bonds. The van der Waals surface area contributed by atoms with E-state index < -0.39 is 0 Å². The first-order chi connectivity index (χ1) is 7.83. The first kappa shape index (κ1) is 11.1. The van der Waals surface area contributed by atoms with Gasteiger partial charge in [-0.1, -0.05) is 19.1 Å². The van der Waals surface area contributed by atoms with Crippen LogP contribution in [0.15, 0.2) is 36.0 Å². The van der Waals surface area contributed by atoms with E-state index in [9.17, 15) is 4.79 Å². The van der Waals surface area contributed by atoms with E-state index in [2.05, 4.69) is 11.1 Å². The summed E-state index contributed by atoms with van der Waals surface area (Å²) >= 11 is 0. The third kappa shape index (κ3) is 2.21. The van der Waals surface area contributed by atoms with Crippen molar-refractivity contribution in [1.29, 1.82) is 0 Å². The van der Waals surface area contributed by atoms with Crippen LogP contribution in [0.1, 0.15) is 44.2 Å². The molecular weight excluding hydrogens is 198 g/mol. The van der Waals surface area contributed by atoms with Crippen LogP contribution in [0.5, 0.6) is 0 Å². The maximum Gasteiger partial charge on any atom is 0.158 e. The highest BCUT2D eigenvalue weighted by molar-refractivity contribution is 5.96. The van der Waals surface area contributed by atoms with E-state index in [-0.39, 0.29) is 11.7 Å². The summed E-state index contributed by atoms with van der Waals surface area (Å²) in [6, 6.07) is 5.93. The van der Waals surface area contributed by atoms with E-state index in [4.69, 9.17) is 0 Å². The van der Waals surface area contributed by atoms with Crippen molar-refractivity contribution in [3.63, 3.8) is 0 Å². The maximum absolute atomic E-state index is 11.9. The number of carbonyl (C=O) groups is 1. The van der Waals surface area contributed by atoms with Crippen LogP contribution in [-0.4, -0.2) is 10.8 Å². The number of carbonyl (C=O) groups excluding carboxylic acids is 1. The molecule has 1 aliphatic rings. The topological polar surface area (TPSA) is 30.0 Å². The van der Waals surface area contributed by atoms with Gasteiger partial charge in [-0.2, -0.15) is 0 Å². The van der Waals surface area contributed by atoms with Crippen molar-refractivity contribution in [2.45, 2.75) is 38.5 Å². The van der Waals surface area contributed by atoms with Gasteiger partial charge in [0, 0.05) is 29.8 Å². The highest BCUT2D eigenvalue weighted by atomic mass is 16.1. The molecule has 2 heteroatoms. The first-order valence-electron chi connectivity index (χ1n) is 5.97. The van der Waals surface area contributed by atoms with Crippen LogP contribution in [0.2, 0.25) is 0 Å². The molecular formula is C14H17NO. The monoisotopic (exact) mass is 215 g/mol.